The van der Waals surface area contributed by atoms with E-state index in [1.165, 1.54) is 81.9 Å². The predicted octanol–water partition coefficient (Wildman–Crippen LogP) is -1.20. The van der Waals surface area contributed by atoms with Crippen LogP contribution in [0.2, 0.25) is 0 Å². The molecule has 0 atom stereocenters. The summed E-state index contributed by atoms with van der Waals surface area (Å²) in [4.78, 5) is 16.3. The minimum absolute atomic E-state index is 0.587. The zero-order valence-electron chi connectivity index (χ0n) is 37.7. The average molecular weight is 810 g/mol. The molecule has 0 radical (unpaired) electrons. The topological polar surface area (TPSA) is 48.5 Å². The van der Waals surface area contributed by atoms with Crippen molar-refractivity contribution in [2.45, 2.75) is 0 Å². The fourth-order valence-corrected chi connectivity index (χ4v) is 10.3. The largest absolute Gasteiger partial charge is 0.308 e. The summed E-state index contributed by atoms with van der Waals surface area (Å²) in [5.74, 6) is 1.83. The van der Waals surface area contributed by atoms with Gasteiger partial charge in [0.05, 0.1) is 16.6 Å². The van der Waals surface area contributed by atoms with Gasteiger partial charge in [0.2, 0.25) is 5.95 Å². The average Bonchev–Trinajstić information content (AvgIpc) is 3.89. The molecular formula is C51H41B8N5. The SMILES string of the molecule is Bc1cc(B)c2c(c1B)c1c(B)c(B)c3c4c(B)c(B)cc(B)c4n(-c4nc(-c5ccccc5)nc(-c5cccc(-c6ccccc6)c5)n4)c3c1n2-c1cccc(-c2ccccc2)c1. The quantitative estimate of drug-likeness (QED) is 0.199. The Morgan fingerprint density at radius 1 is 0.297 bits per heavy atom. The van der Waals surface area contributed by atoms with Crippen molar-refractivity contribution in [2.75, 3.05) is 0 Å². The highest BCUT2D eigenvalue weighted by Crippen LogP contribution is 2.39. The highest BCUT2D eigenvalue weighted by atomic mass is 15.2. The van der Waals surface area contributed by atoms with E-state index in [-0.39, 0.29) is 0 Å². The molecule has 11 aromatic rings. The summed E-state index contributed by atoms with van der Waals surface area (Å²) >= 11 is 0. The number of rotatable bonds is 6. The number of nitrogens with zero attached hydrogens (tertiary/aromatic N) is 5. The molecule has 0 saturated heterocycles. The van der Waals surface area contributed by atoms with Crippen molar-refractivity contribution in [1.29, 1.82) is 0 Å². The van der Waals surface area contributed by atoms with Crippen LogP contribution in [0.25, 0.3) is 100 Å². The summed E-state index contributed by atoms with van der Waals surface area (Å²) in [6, 6.07) is 53.8. The molecule has 0 aliphatic rings. The Morgan fingerprint density at radius 3 is 1.25 bits per heavy atom. The van der Waals surface area contributed by atoms with Crippen molar-refractivity contribution in [3.8, 4) is 56.7 Å². The Morgan fingerprint density at radius 2 is 0.703 bits per heavy atom. The molecule has 294 valence electrons. The van der Waals surface area contributed by atoms with Crippen LogP contribution in [-0.2, 0) is 0 Å². The van der Waals surface area contributed by atoms with Gasteiger partial charge in [0.15, 0.2) is 11.6 Å². The molecule has 0 spiro atoms. The number of aromatic nitrogens is 5. The van der Waals surface area contributed by atoms with Crippen LogP contribution in [0.1, 0.15) is 0 Å². The molecule has 0 bridgehead atoms. The first-order valence-corrected chi connectivity index (χ1v) is 22.2. The molecule has 11 rings (SSSR count). The number of fused-ring (bicyclic) bond motifs is 7. The molecule has 0 unspecified atom stereocenters. The van der Waals surface area contributed by atoms with Crippen LogP contribution in [-0.4, -0.2) is 86.9 Å². The van der Waals surface area contributed by atoms with Crippen LogP contribution in [0.5, 0.6) is 0 Å². The van der Waals surface area contributed by atoms with Crippen molar-refractivity contribution in [3.63, 3.8) is 0 Å². The fourth-order valence-electron chi connectivity index (χ4n) is 10.3. The van der Waals surface area contributed by atoms with Crippen LogP contribution in [0, 0.1) is 0 Å². The lowest BCUT2D eigenvalue weighted by molar-refractivity contribution is 0.955. The summed E-state index contributed by atoms with van der Waals surface area (Å²) in [7, 11) is 18.2. The van der Waals surface area contributed by atoms with Gasteiger partial charge < -0.3 is 4.57 Å². The third-order valence-corrected chi connectivity index (χ3v) is 13.7. The van der Waals surface area contributed by atoms with Crippen molar-refractivity contribution in [3.05, 3.63) is 152 Å². The molecule has 0 amide bonds. The second kappa shape index (κ2) is 15.3. The van der Waals surface area contributed by atoms with E-state index in [0.717, 1.165) is 44.5 Å². The van der Waals surface area contributed by atoms with Gasteiger partial charge in [-0.05, 0) is 45.8 Å². The van der Waals surface area contributed by atoms with Gasteiger partial charge in [-0.3, -0.25) is 4.57 Å². The third-order valence-electron chi connectivity index (χ3n) is 13.7. The molecule has 3 heterocycles. The highest BCUT2D eigenvalue weighted by Gasteiger charge is 2.29. The molecule has 64 heavy (non-hydrogen) atoms. The summed E-state index contributed by atoms with van der Waals surface area (Å²) in [5.41, 5.74) is 22.2. The predicted molar refractivity (Wildman–Crippen MR) is 296 cm³/mol. The van der Waals surface area contributed by atoms with E-state index >= 15 is 0 Å². The van der Waals surface area contributed by atoms with Gasteiger partial charge in [0.25, 0.3) is 0 Å². The van der Waals surface area contributed by atoms with Crippen molar-refractivity contribution < 1.29 is 0 Å². The number of hydrogen-bond acceptors (Lipinski definition) is 3. The smallest absolute Gasteiger partial charge is 0.238 e. The first-order chi connectivity index (χ1) is 31.1. The summed E-state index contributed by atoms with van der Waals surface area (Å²) in [6.07, 6.45) is 0. The molecule has 0 aliphatic carbocycles. The van der Waals surface area contributed by atoms with E-state index in [0.29, 0.717) is 17.6 Å². The molecule has 0 fully saturated rings. The highest BCUT2D eigenvalue weighted by molar-refractivity contribution is 6.66. The van der Waals surface area contributed by atoms with E-state index in [2.05, 4.69) is 217 Å². The lowest BCUT2D eigenvalue weighted by Gasteiger charge is -2.16. The molecule has 0 N–H and O–H groups in total. The van der Waals surface area contributed by atoms with Crippen LogP contribution >= 0.6 is 0 Å². The minimum Gasteiger partial charge on any atom is -0.308 e. The third kappa shape index (κ3) is 6.16. The van der Waals surface area contributed by atoms with E-state index in [4.69, 9.17) is 15.0 Å². The zero-order chi connectivity index (χ0) is 44.0. The molecule has 0 saturated carbocycles. The number of benzene rings is 8. The Bertz CT molecular complexity index is 3700. The molecular weight excluding hydrogens is 769 g/mol. The summed E-state index contributed by atoms with van der Waals surface area (Å²) < 4.78 is 4.93. The molecule has 0 aliphatic heterocycles. The van der Waals surface area contributed by atoms with E-state index in [1.807, 2.05) is 6.07 Å². The van der Waals surface area contributed by atoms with Crippen molar-refractivity contribution in [1.82, 2.24) is 24.1 Å². The van der Waals surface area contributed by atoms with Gasteiger partial charge in [-0.15, -0.1) is 0 Å². The van der Waals surface area contributed by atoms with E-state index in [1.54, 1.807) is 0 Å². The second-order valence-corrected chi connectivity index (χ2v) is 17.6. The Labute approximate surface area is 380 Å². The van der Waals surface area contributed by atoms with Gasteiger partial charge in [0, 0.05) is 38.5 Å². The first kappa shape index (κ1) is 39.7. The van der Waals surface area contributed by atoms with Crippen LogP contribution in [0.15, 0.2) is 152 Å². The molecule has 5 nitrogen and oxygen atoms in total. The van der Waals surface area contributed by atoms with Crippen LogP contribution in [0.3, 0.4) is 0 Å². The molecule has 8 aromatic carbocycles. The van der Waals surface area contributed by atoms with Crippen molar-refractivity contribution >= 4 is 150 Å². The maximum atomic E-state index is 5.55. The second-order valence-electron chi connectivity index (χ2n) is 17.6. The Kier molecular flexibility index (Phi) is 9.50. The van der Waals surface area contributed by atoms with Gasteiger partial charge in [0.1, 0.15) is 62.8 Å². The van der Waals surface area contributed by atoms with Crippen LogP contribution < -0.4 is 43.7 Å². The maximum absolute atomic E-state index is 5.55. The number of hydrogen-bond donors (Lipinski definition) is 0. The fraction of sp³-hybridized carbons (Fsp3) is 0. The van der Waals surface area contributed by atoms with Gasteiger partial charge in [-0.25, -0.2) is 4.98 Å². The van der Waals surface area contributed by atoms with E-state index in [9.17, 15) is 0 Å². The zero-order valence-corrected chi connectivity index (χ0v) is 37.7. The van der Waals surface area contributed by atoms with Gasteiger partial charge in [-0.1, -0.05) is 177 Å². The summed E-state index contributed by atoms with van der Waals surface area (Å²) in [6.45, 7) is 0. The summed E-state index contributed by atoms with van der Waals surface area (Å²) in [5, 5.41) is 5.02. The molecule has 3 aromatic heterocycles. The maximum Gasteiger partial charge on any atom is 0.238 e. The standard InChI is InChI=1S/C51H41B8N5/c52-33-24-35(54)45-37(41(33)56)39-43(58)44(59)40-38-42(57)34(53)25-36(55)46(38)64(48(40)47(39)63(45)32-21-11-19-30(23-32)27-14-6-2-7-15-27)51-61-49(28-16-8-3-9-17-28)60-50(62-51)31-20-10-18-29(22-31)26-12-4-1-5-13-26/h1-25H,52-59H2. The first-order valence-electron chi connectivity index (χ1n) is 22.2. The monoisotopic (exact) mass is 811 g/mol. The lowest BCUT2D eigenvalue weighted by atomic mass is 9.70. The Balaban J connectivity index is 1.35. The van der Waals surface area contributed by atoms with E-state index < -0.39 is 0 Å². The Hall–Kier alpha value is -7.11. The van der Waals surface area contributed by atoms with Crippen LogP contribution in [0.4, 0.5) is 0 Å². The minimum atomic E-state index is 0.587. The lowest BCUT2D eigenvalue weighted by Crippen LogP contribution is -2.33. The molecule has 13 heteroatoms. The van der Waals surface area contributed by atoms with Gasteiger partial charge in [-0.2, -0.15) is 9.97 Å². The normalized spacial score (nSPS) is 11.6. The van der Waals surface area contributed by atoms with Gasteiger partial charge >= 0.3 is 0 Å². The van der Waals surface area contributed by atoms with Crippen molar-refractivity contribution in [2.24, 2.45) is 0 Å².